The van der Waals surface area contributed by atoms with E-state index in [1.807, 2.05) is 23.1 Å². The second-order valence-corrected chi connectivity index (χ2v) is 9.80. The molecule has 4 rings (SSSR count). The van der Waals surface area contributed by atoms with Crippen LogP contribution in [0.25, 0.3) is 10.2 Å². The second kappa shape index (κ2) is 9.43. The molecule has 0 atom stereocenters. The highest BCUT2D eigenvalue weighted by molar-refractivity contribution is 7.18. The molecule has 2 aromatic rings. The first-order valence-corrected chi connectivity index (χ1v) is 11.9. The minimum absolute atomic E-state index is 0.0215. The number of rotatable bonds is 5. The first-order valence-electron chi connectivity index (χ1n) is 10.7. The van der Waals surface area contributed by atoms with Crippen LogP contribution in [0.4, 0.5) is 0 Å². The van der Waals surface area contributed by atoms with Gasteiger partial charge in [0, 0.05) is 30.5 Å². The predicted molar refractivity (Wildman–Crippen MR) is 117 cm³/mol. The fourth-order valence-corrected chi connectivity index (χ4v) is 5.76. The summed E-state index contributed by atoms with van der Waals surface area (Å²) < 4.78 is 1.16. The Kier molecular flexibility index (Phi) is 6.70. The molecule has 156 valence electrons. The van der Waals surface area contributed by atoms with Gasteiger partial charge in [-0.15, -0.1) is 11.3 Å². The van der Waals surface area contributed by atoms with Crippen molar-refractivity contribution in [3.05, 3.63) is 28.2 Å². The number of likely N-dealkylation sites (tertiary alicyclic amines) is 1. The average molecular weight is 434 g/mol. The lowest BCUT2D eigenvalue weighted by molar-refractivity contribution is -0.134. The molecule has 2 heterocycles. The maximum absolute atomic E-state index is 12.5. The fourth-order valence-electron chi connectivity index (χ4n) is 4.48. The van der Waals surface area contributed by atoms with Crippen LogP contribution < -0.4 is 5.32 Å². The Balaban J connectivity index is 1.23. The first kappa shape index (κ1) is 20.6. The van der Waals surface area contributed by atoms with Gasteiger partial charge in [-0.3, -0.25) is 9.59 Å². The van der Waals surface area contributed by atoms with E-state index < -0.39 is 0 Å². The largest absolute Gasteiger partial charge is 0.347 e. The maximum Gasteiger partial charge on any atom is 0.241 e. The molecule has 2 aliphatic rings. The Hall–Kier alpha value is -1.66. The van der Waals surface area contributed by atoms with Gasteiger partial charge in [0.2, 0.25) is 11.8 Å². The van der Waals surface area contributed by atoms with E-state index in [9.17, 15) is 9.59 Å². The Morgan fingerprint density at radius 3 is 2.66 bits per heavy atom. The number of thiazole rings is 1. The number of carbonyl (C=O) groups excluding carboxylic acids is 2. The molecular formula is C22H28ClN3O2S. The van der Waals surface area contributed by atoms with Crippen LogP contribution in [0.2, 0.25) is 5.02 Å². The van der Waals surface area contributed by atoms with Crippen molar-refractivity contribution in [2.24, 2.45) is 5.92 Å². The first-order chi connectivity index (χ1) is 14.1. The molecule has 0 radical (unpaired) electrons. The minimum Gasteiger partial charge on any atom is -0.347 e. The summed E-state index contributed by atoms with van der Waals surface area (Å²) in [6.45, 7) is 1.56. The molecule has 0 spiro atoms. The molecule has 0 bridgehead atoms. The van der Waals surface area contributed by atoms with E-state index >= 15 is 0 Å². The smallest absolute Gasteiger partial charge is 0.241 e. The average Bonchev–Trinajstić information content (AvgIpc) is 3.16. The summed E-state index contributed by atoms with van der Waals surface area (Å²) >= 11 is 7.79. The molecule has 1 aliphatic carbocycles. The highest BCUT2D eigenvalue weighted by Gasteiger charge is 2.26. The molecule has 0 unspecified atom stereocenters. The number of hydrogen-bond donors (Lipinski definition) is 1. The normalized spacial score (nSPS) is 18.9. The number of benzene rings is 1. The number of nitrogens with one attached hydrogen (secondary N) is 1. The van der Waals surface area contributed by atoms with E-state index in [4.69, 9.17) is 16.6 Å². The molecule has 2 amide bonds. The second-order valence-electron chi connectivity index (χ2n) is 8.30. The lowest BCUT2D eigenvalue weighted by Crippen LogP contribution is -2.44. The summed E-state index contributed by atoms with van der Waals surface area (Å²) in [5.74, 6) is 0.930. The molecule has 5 nitrogen and oxygen atoms in total. The van der Waals surface area contributed by atoms with Crippen LogP contribution in [-0.4, -0.2) is 41.3 Å². The van der Waals surface area contributed by atoms with Crippen molar-refractivity contribution in [1.29, 1.82) is 0 Å². The third-order valence-corrected chi connectivity index (χ3v) is 7.63. The van der Waals surface area contributed by atoms with Crippen molar-refractivity contribution in [3.8, 4) is 0 Å². The number of amides is 2. The van der Waals surface area contributed by atoms with E-state index in [2.05, 4.69) is 5.32 Å². The zero-order valence-electron chi connectivity index (χ0n) is 16.7. The van der Waals surface area contributed by atoms with Crippen LogP contribution in [0.1, 0.15) is 62.3 Å². The molecule has 1 aliphatic heterocycles. The molecular weight excluding hydrogens is 406 g/mol. The quantitative estimate of drug-likeness (QED) is 0.740. The number of piperidine rings is 1. The molecule has 1 N–H and O–H groups in total. The van der Waals surface area contributed by atoms with Crippen LogP contribution in [0, 0.1) is 5.92 Å². The van der Waals surface area contributed by atoms with E-state index in [-0.39, 0.29) is 18.4 Å². The van der Waals surface area contributed by atoms with Crippen LogP contribution >= 0.6 is 22.9 Å². The number of halogens is 1. The van der Waals surface area contributed by atoms with Gasteiger partial charge in [-0.2, -0.15) is 0 Å². The van der Waals surface area contributed by atoms with Crippen LogP contribution in [0.15, 0.2) is 18.2 Å². The molecule has 1 saturated heterocycles. The van der Waals surface area contributed by atoms with Gasteiger partial charge in [0.05, 0.1) is 21.8 Å². The van der Waals surface area contributed by atoms with E-state index in [0.717, 1.165) is 54.0 Å². The minimum atomic E-state index is 0.0215. The third-order valence-electron chi connectivity index (χ3n) is 6.20. The standard InChI is InChI=1S/C22H28ClN3O2S/c23-17-6-7-19-18(13-17)25-22(29-19)16-8-10-26(11-9-16)21(28)14-24-20(27)12-15-4-2-1-3-5-15/h6-7,13,15-16H,1-5,8-12,14H2,(H,24,27). The highest BCUT2D eigenvalue weighted by atomic mass is 35.5. The Morgan fingerprint density at radius 2 is 1.90 bits per heavy atom. The summed E-state index contributed by atoms with van der Waals surface area (Å²) in [6, 6.07) is 5.83. The van der Waals surface area contributed by atoms with Crippen LogP contribution in [0.3, 0.4) is 0 Å². The van der Waals surface area contributed by atoms with Crippen molar-refractivity contribution >= 4 is 45.0 Å². The van der Waals surface area contributed by atoms with Gasteiger partial charge < -0.3 is 10.2 Å². The van der Waals surface area contributed by atoms with Gasteiger partial charge in [-0.05, 0) is 49.8 Å². The summed E-state index contributed by atoms with van der Waals surface area (Å²) in [5.41, 5.74) is 0.955. The molecule has 1 aromatic carbocycles. The van der Waals surface area contributed by atoms with E-state index in [1.54, 1.807) is 11.3 Å². The number of fused-ring (bicyclic) bond motifs is 1. The van der Waals surface area contributed by atoms with E-state index in [0.29, 0.717) is 23.3 Å². The maximum atomic E-state index is 12.5. The van der Waals surface area contributed by atoms with Gasteiger partial charge in [-0.25, -0.2) is 4.98 Å². The SMILES string of the molecule is O=C(CC1CCCCC1)NCC(=O)N1CCC(c2nc3cc(Cl)ccc3s2)CC1. The van der Waals surface area contributed by atoms with Crippen molar-refractivity contribution in [1.82, 2.24) is 15.2 Å². The Labute approximate surface area is 180 Å². The zero-order valence-corrected chi connectivity index (χ0v) is 18.2. The molecule has 1 aromatic heterocycles. The Bertz CT molecular complexity index is 870. The van der Waals surface area contributed by atoms with Crippen LogP contribution in [0.5, 0.6) is 0 Å². The zero-order chi connectivity index (χ0) is 20.2. The molecule has 1 saturated carbocycles. The van der Waals surface area contributed by atoms with Crippen molar-refractivity contribution in [3.63, 3.8) is 0 Å². The van der Waals surface area contributed by atoms with Gasteiger partial charge in [0.15, 0.2) is 0 Å². The summed E-state index contributed by atoms with van der Waals surface area (Å²) in [6.07, 6.45) is 8.43. The number of carbonyl (C=O) groups is 2. The summed E-state index contributed by atoms with van der Waals surface area (Å²) in [5, 5.41) is 4.68. The number of hydrogen-bond acceptors (Lipinski definition) is 4. The number of aromatic nitrogens is 1. The number of nitrogens with zero attached hydrogens (tertiary/aromatic N) is 2. The van der Waals surface area contributed by atoms with Gasteiger partial charge in [-0.1, -0.05) is 30.9 Å². The van der Waals surface area contributed by atoms with Crippen LogP contribution in [-0.2, 0) is 9.59 Å². The Morgan fingerprint density at radius 1 is 1.14 bits per heavy atom. The van der Waals surface area contributed by atoms with Crippen molar-refractivity contribution in [2.75, 3.05) is 19.6 Å². The van der Waals surface area contributed by atoms with Crippen molar-refractivity contribution in [2.45, 2.75) is 57.3 Å². The lowest BCUT2D eigenvalue weighted by Gasteiger charge is -2.31. The van der Waals surface area contributed by atoms with E-state index in [1.165, 1.54) is 19.3 Å². The summed E-state index contributed by atoms with van der Waals surface area (Å²) in [4.78, 5) is 31.3. The summed E-state index contributed by atoms with van der Waals surface area (Å²) in [7, 11) is 0. The highest BCUT2D eigenvalue weighted by Crippen LogP contribution is 2.34. The van der Waals surface area contributed by atoms with Gasteiger partial charge >= 0.3 is 0 Å². The van der Waals surface area contributed by atoms with Gasteiger partial charge in [0.25, 0.3) is 0 Å². The topological polar surface area (TPSA) is 62.3 Å². The predicted octanol–water partition coefficient (Wildman–Crippen LogP) is 4.74. The van der Waals surface area contributed by atoms with Gasteiger partial charge in [0.1, 0.15) is 0 Å². The molecule has 7 heteroatoms. The third kappa shape index (κ3) is 5.28. The van der Waals surface area contributed by atoms with Crippen molar-refractivity contribution < 1.29 is 9.59 Å². The molecule has 29 heavy (non-hydrogen) atoms. The lowest BCUT2D eigenvalue weighted by atomic mass is 9.87. The molecule has 2 fully saturated rings. The fraction of sp³-hybridized carbons (Fsp3) is 0.591. The monoisotopic (exact) mass is 433 g/mol.